The van der Waals surface area contributed by atoms with E-state index in [0.29, 0.717) is 30.3 Å². The molecule has 142 valence electrons. The van der Waals surface area contributed by atoms with E-state index in [1.54, 1.807) is 32.0 Å². The van der Waals surface area contributed by atoms with Crippen molar-refractivity contribution in [2.45, 2.75) is 32.7 Å². The summed E-state index contributed by atoms with van der Waals surface area (Å²) >= 11 is 0. The van der Waals surface area contributed by atoms with E-state index in [9.17, 15) is 14.4 Å². The SMILES string of the molecule is CCOC(=O)C(Cc1ccc2c(c1)OCCO2)(NC(C)=O)C(=O)OCC. The lowest BCUT2D eigenvalue weighted by molar-refractivity contribution is -0.168. The first-order valence-electron chi connectivity index (χ1n) is 8.44. The molecule has 1 aromatic carbocycles. The fraction of sp³-hybridized carbons (Fsp3) is 0.500. The van der Waals surface area contributed by atoms with Gasteiger partial charge in [0.15, 0.2) is 11.5 Å². The summed E-state index contributed by atoms with van der Waals surface area (Å²) in [5.41, 5.74) is -1.38. The maximum Gasteiger partial charge on any atom is 0.344 e. The Bertz CT molecular complexity index is 668. The van der Waals surface area contributed by atoms with Crippen molar-refractivity contribution >= 4 is 17.8 Å². The van der Waals surface area contributed by atoms with Gasteiger partial charge in [0.2, 0.25) is 11.4 Å². The van der Waals surface area contributed by atoms with E-state index in [4.69, 9.17) is 18.9 Å². The van der Waals surface area contributed by atoms with Crippen LogP contribution in [0.15, 0.2) is 18.2 Å². The Morgan fingerprint density at radius 1 is 1.04 bits per heavy atom. The van der Waals surface area contributed by atoms with E-state index in [-0.39, 0.29) is 19.6 Å². The summed E-state index contributed by atoms with van der Waals surface area (Å²) in [5, 5.41) is 2.43. The summed E-state index contributed by atoms with van der Waals surface area (Å²) in [5.74, 6) is -1.20. The second-order valence-corrected chi connectivity index (χ2v) is 5.68. The predicted octanol–water partition coefficient (Wildman–Crippen LogP) is 1.00. The van der Waals surface area contributed by atoms with Crippen molar-refractivity contribution in [3.8, 4) is 11.5 Å². The molecule has 2 rings (SSSR count). The molecule has 8 heteroatoms. The first-order valence-corrected chi connectivity index (χ1v) is 8.44. The van der Waals surface area contributed by atoms with E-state index in [0.717, 1.165) is 0 Å². The van der Waals surface area contributed by atoms with Gasteiger partial charge in [0.25, 0.3) is 0 Å². The van der Waals surface area contributed by atoms with Crippen LogP contribution in [0.3, 0.4) is 0 Å². The maximum atomic E-state index is 12.6. The number of esters is 2. The summed E-state index contributed by atoms with van der Waals surface area (Å²) in [6, 6.07) is 5.06. The van der Waals surface area contributed by atoms with Gasteiger partial charge >= 0.3 is 11.9 Å². The maximum absolute atomic E-state index is 12.6. The monoisotopic (exact) mass is 365 g/mol. The van der Waals surface area contributed by atoms with Crippen molar-refractivity contribution in [1.82, 2.24) is 5.32 Å². The van der Waals surface area contributed by atoms with Crippen LogP contribution in [0, 0.1) is 0 Å². The van der Waals surface area contributed by atoms with Crippen molar-refractivity contribution in [2.75, 3.05) is 26.4 Å². The van der Waals surface area contributed by atoms with E-state index < -0.39 is 23.4 Å². The van der Waals surface area contributed by atoms with Crippen LogP contribution in [0.25, 0.3) is 0 Å². The summed E-state index contributed by atoms with van der Waals surface area (Å²) in [6.07, 6.45) is -0.138. The normalized spacial score (nSPS) is 12.9. The van der Waals surface area contributed by atoms with E-state index in [1.165, 1.54) is 6.92 Å². The number of carbonyl (C=O) groups is 3. The molecule has 1 aliphatic heterocycles. The highest BCUT2D eigenvalue weighted by molar-refractivity contribution is 6.08. The summed E-state index contributed by atoms with van der Waals surface area (Å²) in [7, 11) is 0. The fourth-order valence-corrected chi connectivity index (χ4v) is 2.69. The number of benzene rings is 1. The topological polar surface area (TPSA) is 100 Å². The van der Waals surface area contributed by atoms with E-state index in [2.05, 4.69) is 5.32 Å². The third kappa shape index (κ3) is 4.25. The van der Waals surface area contributed by atoms with Gasteiger partial charge in [0.05, 0.1) is 13.2 Å². The Labute approximate surface area is 151 Å². The molecule has 26 heavy (non-hydrogen) atoms. The molecular formula is C18H23NO7. The van der Waals surface area contributed by atoms with Crippen LogP contribution < -0.4 is 14.8 Å². The first kappa shape index (κ1) is 19.6. The van der Waals surface area contributed by atoms with Crippen LogP contribution in [-0.2, 0) is 30.3 Å². The minimum Gasteiger partial charge on any atom is -0.486 e. The summed E-state index contributed by atoms with van der Waals surface area (Å²) in [4.78, 5) is 37.0. The van der Waals surface area contributed by atoms with E-state index >= 15 is 0 Å². The van der Waals surface area contributed by atoms with Gasteiger partial charge in [-0.3, -0.25) is 4.79 Å². The molecule has 0 radical (unpaired) electrons. The molecule has 0 atom stereocenters. The van der Waals surface area contributed by atoms with Gasteiger partial charge in [-0.15, -0.1) is 0 Å². The number of amides is 1. The Morgan fingerprint density at radius 2 is 1.62 bits per heavy atom. The van der Waals surface area contributed by atoms with Gasteiger partial charge in [0.1, 0.15) is 13.2 Å². The fourth-order valence-electron chi connectivity index (χ4n) is 2.69. The lowest BCUT2D eigenvalue weighted by atomic mass is 9.90. The van der Waals surface area contributed by atoms with E-state index in [1.807, 2.05) is 0 Å². The second kappa shape index (κ2) is 8.55. The zero-order chi connectivity index (χ0) is 19.2. The van der Waals surface area contributed by atoms with Crippen LogP contribution in [-0.4, -0.2) is 49.8 Å². The van der Waals surface area contributed by atoms with Gasteiger partial charge in [-0.25, -0.2) is 9.59 Å². The lowest BCUT2D eigenvalue weighted by Gasteiger charge is -2.30. The van der Waals surface area contributed by atoms with Crippen LogP contribution in [0.1, 0.15) is 26.3 Å². The zero-order valence-electron chi connectivity index (χ0n) is 15.1. The summed E-state index contributed by atoms with van der Waals surface area (Å²) in [6.45, 7) is 5.42. The van der Waals surface area contributed by atoms with Crippen molar-refractivity contribution in [2.24, 2.45) is 0 Å². The minimum atomic E-state index is -1.97. The van der Waals surface area contributed by atoms with Crippen LogP contribution >= 0.6 is 0 Å². The molecule has 0 spiro atoms. The highest BCUT2D eigenvalue weighted by Gasteiger charge is 2.50. The number of fused-ring (bicyclic) bond motifs is 1. The van der Waals surface area contributed by atoms with Gasteiger partial charge in [0, 0.05) is 13.3 Å². The number of ether oxygens (including phenoxy) is 4. The summed E-state index contributed by atoms with van der Waals surface area (Å²) < 4.78 is 21.1. The molecular weight excluding hydrogens is 342 g/mol. The Morgan fingerprint density at radius 3 is 2.15 bits per heavy atom. The standard InChI is InChI=1S/C18H23NO7/c1-4-23-16(21)18(19-12(3)20,17(22)24-5-2)11-13-6-7-14-15(10-13)26-9-8-25-14/h6-7,10H,4-5,8-9,11H2,1-3H3,(H,19,20). The van der Waals surface area contributed by atoms with Crippen molar-refractivity contribution in [3.05, 3.63) is 23.8 Å². The van der Waals surface area contributed by atoms with Crippen molar-refractivity contribution < 1.29 is 33.3 Å². The molecule has 1 aliphatic rings. The largest absolute Gasteiger partial charge is 0.486 e. The number of hydrogen-bond acceptors (Lipinski definition) is 7. The molecule has 1 heterocycles. The Kier molecular flexibility index (Phi) is 6.43. The molecule has 0 saturated carbocycles. The third-order valence-electron chi connectivity index (χ3n) is 3.71. The molecule has 8 nitrogen and oxygen atoms in total. The van der Waals surface area contributed by atoms with Gasteiger partial charge in [-0.2, -0.15) is 0 Å². The van der Waals surface area contributed by atoms with Gasteiger partial charge in [-0.05, 0) is 31.5 Å². The number of carbonyl (C=O) groups excluding carboxylic acids is 3. The highest BCUT2D eigenvalue weighted by atomic mass is 16.6. The molecule has 1 N–H and O–H groups in total. The molecule has 0 fully saturated rings. The molecule has 0 unspecified atom stereocenters. The van der Waals surface area contributed by atoms with Crippen LogP contribution in [0.4, 0.5) is 0 Å². The lowest BCUT2D eigenvalue weighted by Crippen LogP contribution is -2.62. The molecule has 0 saturated heterocycles. The molecule has 1 aromatic rings. The number of hydrogen-bond donors (Lipinski definition) is 1. The minimum absolute atomic E-state index is 0.0563. The number of rotatable bonds is 7. The first-order chi connectivity index (χ1) is 12.4. The average Bonchev–Trinajstić information content (AvgIpc) is 2.61. The molecule has 1 amide bonds. The molecule has 0 aromatic heterocycles. The van der Waals surface area contributed by atoms with Crippen molar-refractivity contribution in [3.63, 3.8) is 0 Å². The second-order valence-electron chi connectivity index (χ2n) is 5.68. The van der Waals surface area contributed by atoms with Crippen LogP contribution in [0.2, 0.25) is 0 Å². The Hall–Kier alpha value is -2.77. The average molecular weight is 365 g/mol. The molecule has 0 bridgehead atoms. The van der Waals surface area contributed by atoms with Gasteiger partial charge in [-0.1, -0.05) is 6.07 Å². The van der Waals surface area contributed by atoms with Crippen LogP contribution in [0.5, 0.6) is 11.5 Å². The highest BCUT2D eigenvalue weighted by Crippen LogP contribution is 2.32. The zero-order valence-corrected chi connectivity index (χ0v) is 15.1. The third-order valence-corrected chi connectivity index (χ3v) is 3.71. The Balaban J connectivity index is 2.42. The smallest absolute Gasteiger partial charge is 0.344 e. The number of nitrogens with one attached hydrogen (secondary N) is 1. The van der Waals surface area contributed by atoms with Crippen molar-refractivity contribution in [1.29, 1.82) is 0 Å². The quantitative estimate of drug-likeness (QED) is 0.568. The van der Waals surface area contributed by atoms with Gasteiger partial charge < -0.3 is 24.3 Å². The molecule has 0 aliphatic carbocycles. The predicted molar refractivity (Wildman–Crippen MR) is 90.9 cm³/mol.